The molecule has 0 fully saturated rings. The van der Waals surface area contributed by atoms with Crippen LogP contribution < -0.4 is 9.47 Å². The van der Waals surface area contributed by atoms with Crippen LogP contribution in [0.25, 0.3) is 6.08 Å². The van der Waals surface area contributed by atoms with Gasteiger partial charge in [0.1, 0.15) is 26.4 Å². The normalized spacial score (nSPS) is 12.2. The predicted octanol–water partition coefficient (Wildman–Crippen LogP) is 4.46. The van der Waals surface area contributed by atoms with E-state index in [0.29, 0.717) is 12.3 Å². The molecule has 12 heteroatoms. The van der Waals surface area contributed by atoms with Gasteiger partial charge < -0.3 is 14.6 Å². The van der Waals surface area contributed by atoms with E-state index in [1.165, 1.54) is 24.3 Å². The summed E-state index contributed by atoms with van der Waals surface area (Å²) < 4.78 is 71.7. The lowest BCUT2D eigenvalue weighted by Crippen LogP contribution is -2.08. The Labute approximate surface area is 181 Å². The molecule has 0 spiro atoms. The van der Waals surface area contributed by atoms with Crippen molar-refractivity contribution in [2.45, 2.75) is 12.6 Å². The summed E-state index contributed by atoms with van der Waals surface area (Å²) in [6.07, 6.45) is -0.686. The molecule has 7 nitrogen and oxygen atoms in total. The first-order chi connectivity index (χ1) is 14.3. The fourth-order valence-corrected chi connectivity index (χ4v) is 3.11. The van der Waals surface area contributed by atoms with Crippen molar-refractivity contribution in [3.05, 3.63) is 52.7 Å². The topological polar surface area (TPSA) is 103 Å². The van der Waals surface area contributed by atoms with Crippen LogP contribution in [0.15, 0.2) is 36.5 Å². The Morgan fingerprint density at radius 3 is 2.58 bits per heavy atom. The first kappa shape index (κ1) is 24.5. The number of ether oxygens (including phenoxy) is 2. The highest BCUT2D eigenvalue weighted by atomic mass is 35.5. The first-order valence-electron chi connectivity index (χ1n) is 8.61. The van der Waals surface area contributed by atoms with Crippen LogP contribution in [0.5, 0.6) is 17.4 Å². The van der Waals surface area contributed by atoms with Gasteiger partial charge in [0.25, 0.3) is 0 Å². The van der Waals surface area contributed by atoms with Crippen LogP contribution in [0.3, 0.4) is 0 Å². The third-order valence-corrected chi connectivity index (χ3v) is 4.96. The Hall–Kier alpha value is -2.79. The van der Waals surface area contributed by atoms with Crippen molar-refractivity contribution < 1.29 is 41.0 Å². The molecule has 0 radical (unpaired) electrons. The summed E-state index contributed by atoms with van der Waals surface area (Å²) in [6, 6.07) is 4.97. The molecule has 0 unspecified atom stereocenters. The van der Waals surface area contributed by atoms with E-state index in [1.54, 1.807) is 0 Å². The van der Waals surface area contributed by atoms with E-state index in [2.05, 4.69) is 4.98 Å². The van der Waals surface area contributed by atoms with Gasteiger partial charge in [-0.2, -0.15) is 13.2 Å². The highest BCUT2D eigenvalue weighted by Gasteiger charge is 2.31. The van der Waals surface area contributed by atoms with E-state index < -0.39 is 32.6 Å². The highest BCUT2D eigenvalue weighted by molar-refractivity contribution is 7.90. The minimum absolute atomic E-state index is 0.0206. The minimum Gasteiger partial charge on any atom is -0.493 e. The Morgan fingerprint density at radius 1 is 1.29 bits per heavy atom. The molecule has 0 aliphatic heterocycles. The van der Waals surface area contributed by atoms with Crippen molar-refractivity contribution >= 4 is 33.5 Å². The molecular weight excluding hydrogens is 463 g/mol. The maximum Gasteiger partial charge on any atom is 0.417 e. The average Bonchev–Trinajstić information content (AvgIpc) is 2.64. The van der Waals surface area contributed by atoms with Gasteiger partial charge >= 0.3 is 12.1 Å². The van der Waals surface area contributed by atoms with E-state index in [0.717, 1.165) is 12.3 Å². The highest BCUT2D eigenvalue weighted by Crippen LogP contribution is 2.36. The fraction of sp³-hybridized carbons (Fsp3) is 0.263. The SMILES string of the molecule is CS(=O)(=O)CCCOc1ccc(C=CC(=O)O)c(Oc2ncc(C(F)(F)F)cc2Cl)c1. The molecule has 1 N–H and O–H groups in total. The summed E-state index contributed by atoms with van der Waals surface area (Å²) in [5.74, 6) is -1.33. The molecule has 0 saturated heterocycles. The number of hydrogen-bond donors (Lipinski definition) is 1. The van der Waals surface area contributed by atoms with E-state index in [-0.39, 0.29) is 41.7 Å². The van der Waals surface area contributed by atoms with Gasteiger partial charge in [-0.25, -0.2) is 18.2 Å². The molecular formula is C19H17ClF3NO6S. The Kier molecular flexibility index (Phi) is 7.91. The number of carboxylic acid groups (broad SMARTS) is 1. The van der Waals surface area contributed by atoms with E-state index in [9.17, 15) is 26.4 Å². The second kappa shape index (κ2) is 10.0. The van der Waals surface area contributed by atoms with Crippen LogP contribution >= 0.6 is 11.6 Å². The number of rotatable bonds is 9. The second-order valence-electron chi connectivity index (χ2n) is 6.31. The number of alkyl halides is 3. The molecule has 1 aromatic carbocycles. The smallest absolute Gasteiger partial charge is 0.417 e. The Bertz CT molecular complexity index is 1090. The number of aromatic nitrogens is 1. The number of pyridine rings is 1. The monoisotopic (exact) mass is 479 g/mol. The number of sulfone groups is 1. The van der Waals surface area contributed by atoms with Crippen molar-refractivity contribution in [1.82, 2.24) is 4.98 Å². The van der Waals surface area contributed by atoms with E-state index in [1.807, 2.05) is 0 Å². The van der Waals surface area contributed by atoms with E-state index >= 15 is 0 Å². The summed E-state index contributed by atoms with van der Waals surface area (Å²) in [5, 5.41) is 8.43. The number of halogens is 4. The molecule has 1 aromatic heterocycles. The van der Waals surface area contributed by atoms with Crippen LogP contribution in [0.1, 0.15) is 17.5 Å². The van der Waals surface area contributed by atoms with Crippen molar-refractivity contribution in [1.29, 1.82) is 0 Å². The summed E-state index contributed by atoms with van der Waals surface area (Å²) in [5.41, 5.74) is -0.789. The number of carbonyl (C=O) groups is 1. The molecule has 0 saturated carbocycles. The van der Waals surface area contributed by atoms with Crippen molar-refractivity contribution in [3.63, 3.8) is 0 Å². The van der Waals surface area contributed by atoms with Gasteiger partial charge in [0.15, 0.2) is 0 Å². The standard InChI is InChI=1S/C19H17ClF3NO6S/c1-31(27,28)8-2-7-29-14-5-3-12(4-6-17(25)26)16(10-14)30-18-15(20)9-13(11-24-18)19(21,22)23/h3-6,9-11H,2,7-8H2,1H3,(H,25,26). The summed E-state index contributed by atoms with van der Waals surface area (Å²) in [4.78, 5) is 14.4. The van der Waals surface area contributed by atoms with Gasteiger partial charge in [0.2, 0.25) is 5.88 Å². The lowest BCUT2D eigenvalue weighted by atomic mass is 10.1. The summed E-state index contributed by atoms with van der Waals surface area (Å²) in [7, 11) is -3.14. The van der Waals surface area contributed by atoms with Gasteiger partial charge in [-0.1, -0.05) is 11.6 Å². The van der Waals surface area contributed by atoms with Crippen LogP contribution in [-0.2, 0) is 20.8 Å². The van der Waals surface area contributed by atoms with Crippen LogP contribution in [0, 0.1) is 0 Å². The van der Waals surface area contributed by atoms with Crippen LogP contribution in [0.4, 0.5) is 13.2 Å². The number of benzene rings is 1. The van der Waals surface area contributed by atoms with Gasteiger partial charge in [-0.05, 0) is 30.7 Å². The quantitative estimate of drug-likeness (QED) is 0.418. The molecule has 0 atom stereocenters. The molecule has 0 bridgehead atoms. The number of hydrogen-bond acceptors (Lipinski definition) is 6. The second-order valence-corrected chi connectivity index (χ2v) is 8.98. The largest absolute Gasteiger partial charge is 0.493 e. The zero-order valence-electron chi connectivity index (χ0n) is 16.0. The molecule has 0 aliphatic rings. The maximum atomic E-state index is 12.8. The minimum atomic E-state index is -4.63. The van der Waals surface area contributed by atoms with Gasteiger partial charge in [0, 0.05) is 30.2 Å². The Balaban J connectivity index is 2.28. The van der Waals surface area contributed by atoms with Gasteiger partial charge in [-0.3, -0.25) is 0 Å². The first-order valence-corrected chi connectivity index (χ1v) is 11.0. The lowest BCUT2D eigenvalue weighted by Gasteiger charge is -2.13. The van der Waals surface area contributed by atoms with Gasteiger partial charge in [-0.15, -0.1) is 0 Å². The van der Waals surface area contributed by atoms with Crippen molar-refractivity contribution in [3.8, 4) is 17.4 Å². The van der Waals surface area contributed by atoms with Crippen molar-refractivity contribution in [2.24, 2.45) is 0 Å². The van der Waals surface area contributed by atoms with Crippen molar-refractivity contribution in [2.75, 3.05) is 18.6 Å². The van der Waals surface area contributed by atoms with E-state index in [4.69, 9.17) is 26.2 Å². The molecule has 168 valence electrons. The number of carboxylic acids is 1. The zero-order valence-corrected chi connectivity index (χ0v) is 17.6. The Morgan fingerprint density at radius 2 is 2.00 bits per heavy atom. The fourth-order valence-electron chi connectivity index (χ4n) is 2.26. The molecule has 0 aliphatic carbocycles. The van der Waals surface area contributed by atoms with Crippen LogP contribution in [0.2, 0.25) is 5.02 Å². The summed E-state index contributed by atoms with van der Waals surface area (Å²) >= 11 is 5.86. The predicted molar refractivity (Wildman–Crippen MR) is 107 cm³/mol. The molecule has 2 aromatic rings. The van der Waals surface area contributed by atoms with Crippen LogP contribution in [-0.4, -0.2) is 43.1 Å². The third kappa shape index (κ3) is 8.10. The zero-order chi connectivity index (χ0) is 23.2. The summed E-state index contributed by atoms with van der Waals surface area (Å²) in [6.45, 7) is 0.0795. The lowest BCUT2D eigenvalue weighted by molar-refractivity contribution is -0.138. The maximum absolute atomic E-state index is 12.8. The molecule has 2 rings (SSSR count). The molecule has 31 heavy (non-hydrogen) atoms. The number of nitrogens with zero attached hydrogens (tertiary/aromatic N) is 1. The molecule has 1 heterocycles. The number of aliphatic carboxylic acids is 1. The van der Waals surface area contributed by atoms with Gasteiger partial charge in [0.05, 0.1) is 17.9 Å². The molecule has 0 amide bonds. The third-order valence-electron chi connectivity index (χ3n) is 3.66. The average molecular weight is 480 g/mol.